The van der Waals surface area contributed by atoms with Gasteiger partial charge in [-0.15, -0.1) is 0 Å². The maximum Gasteiger partial charge on any atom is 0.239 e. The summed E-state index contributed by atoms with van der Waals surface area (Å²) in [5, 5.41) is 11.6. The minimum atomic E-state index is 0.381. The molecule has 0 aliphatic heterocycles. The monoisotopic (exact) mass is 226 g/mol. The summed E-state index contributed by atoms with van der Waals surface area (Å²) in [6.07, 6.45) is 3.11. The van der Waals surface area contributed by atoms with Crippen molar-refractivity contribution in [3.8, 4) is 17.7 Å². The van der Waals surface area contributed by atoms with E-state index in [2.05, 4.69) is 15.3 Å². The molecule has 0 unspecified atom stereocenters. The second-order valence-corrected chi connectivity index (χ2v) is 3.23. The van der Waals surface area contributed by atoms with Gasteiger partial charge >= 0.3 is 0 Å². The molecule has 5 heteroatoms. The van der Waals surface area contributed by atoms with Crippen molar-refractivity contribution in [1.29, 1.82) is 5.26 Å². The van der Waals surface area contributed by atoms with Crippen LogP contribution in [0, 0.1) is 11.3 Å². The predicted molar refractivity (Wildman–Crippen MR) is 62.8 cm³/mol. The molecule has 1 heterocycles. The van der Waals surface area contributed by atoms with Crippen molar-refractivity contribution < 1.29 is 4.74 Å². The molecule has 1 aromatic heterocycles. The Morgan fingerprint density at radius 2 is 2.24 bits per heavy atom. The minimum absolute atomic E-state index is 0.381. The molecular formula is C12H10N4O. The Balaban J connectivity index is 2.22. The van der Waals surface area contributed by atoms with E-state index in [9.17, 15) is 0 Å². The normalized spacial score (nSPS) is 9.41. The highest BCUT2D eigenvalue weighted by molar-refractivity contribution is 5.38. The first kappa shape index (κ1) is 10.9. The van der Waals surface area contributed by atoms with Crippen molar-refractivity contribution in [2.24, 2.45) is 0 Å². The first-order chi connectivity index (χ1) is 8.31. The summed E-state index contributed by atoms with van der Waals surface area (Å²) in [6.45, 7) is 0. The van der Waals surface area contributed by atoms with Crippen LogP contribution in [0.3, 0.4) is 0 Å². The van der Waals surface area contributed by atoms with Gasteiger partial charge in [0.05, 0.1) is 24.0 Å². The molecule has 0 aliphatic carbocycles. The van der Waals surface area contributed by atoms with Crippen LogP contribution >= 0.6 is 0 Å². The number of aromatic nitrogens is 2. The molecule has 1 N–H and O–H groups in total. The average molecular weight is 226 g/mol. The zero-order chi connectivity index (χ0) is 12.1. The molecular weight excluding hydrogens is 216 g/mol. The number of hydrogen-bond donors (Lipinski definition) is 1. The number of benzene rings is 1. The fourth-order valence-electron chi connectivity index (χ4n) is 1.27. The van der Waals surface area contributed by atoms with Crippen molar-refractivity contribution in [2.45, 2.75) is 0 Å². The lowest BCUT2D eigenvalue weighted by molar-refractivity contribution is 0.461. The number of anilines is 1. The maximum atomic E-state index is 8.77. The molecule has 2 rings (SSSR count). The Labute approximate surface area is 98.7 Å². The van der Waals surface area contributed by atoms with Crippen LogP contribution in [0.4, 0.5) is 5.82 Å². The van der Waals surface area contributed by atoms with Crippen LogP contribution in [0.15, 0.2) is 36.7 Å². The quantitative estimate of drug-likeness (QED) is 0.868. The van der Waals surface area contributed by atoms with Gasteiger partial charge in [0.15, 0.2) is 0 Å². The van der Waals surface area contributed by atoms with Crippen molar-refractivity contribution >= 4 is 5.82 Å². The van der Waals surface area contributed by atoms with Crippen LogP contribution < -0.4 is 10.1 Å². The topological polar surface area (TPSA) is 70.8 Å². The van der Waals surface area contributed by atoms with Crippen molar-refractivity contribution in [3.05, 3.63) is 42.2 Å². The highest BCUT2D eigenvalue weighted by Crippen LogP contribution is 2.20. The third-order valence-corrected chi connectivity index (χ3v) is 2.05. The number of ether oxygens (including phenoxy) is 1. The van der Waals surface area contributed by atoms with E-state index in [1.165, 1.54) is 6.20 Å². The van der Waals surface area contributed by atoms with E-state index in [1.807, 2.05) is 6.07 Å². The van der Waals surface area contributed by atoms with E-state index < -0.39 is 0 Å². The largest absolute Gasteiger partial charge is 0.437 e. The molecule has 0 spiro atoms. The summed E-state index contributed by atoms with van der Waals surface area (Å²) in [4.78, 5) is 8.14. The molecule has 5 nitrogen and oxygen atoms in total. The van der Waals surface area contributed by atoms with Gasteiger partial charge in [-0.25, -0.2) is 0 Å². The molecule has 0 bridgehead atoms. The summed E-state index contributed by atoms with van der Waals surface area (Å²) in [6, 6.07) is 8.92. The fraction of sp³-hybridized carbons (Fsp3) is 0.0833. The summed E-state index contributed by atoms with van der Waals surface area (Å²) in [7, 11) is 1.75. The van der Waals surface area contributed by atoms with Crippen molar-refractivity contribution in [1.82, 2.24) is 9.97 Å². The summed E-state index contributed by atoms with van der Waals surface area (Å²) in [5.41, 5.74) is 0.542. The molecule has 17 heavy (non-hydrogen) atoms. The number of hydrogen-bond acceptors (Lipinski definition) is 5. The van der Waals surface area contributed by atoms with Crippen LogP contribution in [0.2, 0.25) is 0 Å². The second-order valence-electron chi connectivity index (χ2n) is 3.23. The van der Waals surface area contributed by atoms with Gasteiger partial charge in [-0.2, -0.15) is 10.2 Å². The Morgan fingerprint density at radius 1 is 1.35 bits per heavy atom. The van der Waals surface area contributed by atoms with E-state index in [1.54, 1.807) is 37.5 Å². The average Bonchev–Trinajstić information content (AvgIpc) is 2.39. The van der Waals surface area contributed by atoms with Gasteiger partial charge in [-0.05, 0) is 18.2 Å². The van der Waals surface area contributed by atoms with Gasteiger partial charge in [0.1, 0.15) is 11.6 Å². The van der Waals surface area contributed by atoms with Crippen LogP contribution in [0.1, 0.15) is 5.56 Å². The molecule has 0 atom stereocenters. The number of nitrogens with one attached hydrogen (secondary N) is 1. The highest BCUT2D eigenvalue weighted by Gasteiger charge is 2.01. The van der Waals surface area contributed by atoms with Gasteiger partial charge in [-0.1, -0.05) is 6.07 Å². The smallest absolute Gasteiger partial charge is 0.239 e. The zero-order valence-corrected chi connectivity index (χ0v) is 9.21. The first-order valence-corrected chi connectivity index (χ1v) is 4.99. The summed E-state index contributed by atoms with van der Waals surface area (Å²) in [5.74, 6) is 1.57. The lowest BCUT2D eigenvalue weighted by Crippen LogP contribution is -1.95. The van der Waals surface area contributed by atoms with Crippen molar-refractivity contribution in [2.75, 3.05) is 12.4 Å². The summed E-state index contributed by atoms with van der Waals surface area (Å²) < 4.78 is 5.50. The number of nitriles is 1. The van der Waals surface area contributed by atoms with Gasteiger partial charge in [0.2, 0.25) is 5.88 Å². The van der Waals surface area contributed by atoms with Crippen LogP contribution in [-0.2, 0) is 0 Å². The molecule has 84 valence electrons. The Hall–Kier alpha value is -2.61. The van der Waals surface area contributed by atoms with Crippen LogP contribution in [0.5, 0.6) is 11.6 Å². The number of rotatable bonds is 3. The highest BCUT2D eigenvalue weighted by atomic mass is 16.5. The summed E-state index contributed by atoms with van der Waals surface area (Å²) >= 11 is 0. The van der Waals surface area contributed by atoms with Crippen LogP contribution in [-0.4, -0.2) is 17.0 Å². The molecule has 0 fully saturated rings. The Morgan fingerprint density at radius 3 is 3.00 bits per heavy atom. The van der Waals surface area contributed by atoms with E-state index in [4.69, 9.17) is 10.00 Å². The molecule has 0 saturated heterocycles. The van der Waals surface area contributed by atoms with Gasteiger partial charge in [-0.3, -0.25) is 4.98 Å². The lowest BCUT2D eigenvalue weighted by Gasteiger charge is -2.05. The van der Waals surface area contributed by atoms with E-state index >= 15 is 0 Å². The minimum Gasteiger partial charge on any atom is -0.437 e. The first-order valence-electron chi connectivity index (χ1n) is 4.99. The van der Waals surface area contributed by atoms with E-state index in [-0.39, 0.29) is 0 Å². The Bertz CT molecular complexity index is 562. The Kier molecular flexibility index (Phi) is 3.17. The lowest BCUT2D eigenvalue weighted by atomic mass is 10.2. The second kappa shape index (κ2) is 4.94. The molecule has 2 aromatic rings. The maximum absolute atomic E-state index is 8.77. The van der Waals surface area contributed by atoms with Gasteiger partial charge < -0.3 is 10.1 Å². The standard InChI is InChI=1S/C12H10N4O/c1-14-11-7-15-8-12(16-11)17-10-4-2-3-9(5-10)6-13/h2-5,7-8H,1H3,(H,14,16). The van der Waals surface area contributed by atoms with E-state index in [0.29, 0.717) is 23.0 Å². The molecule has 0 radical (unpaired) electrons. The van der Waals surface area contributed by atoms with Gasteiger partial charge in [0, 0.05) is 7.05 Å². The third kappa shape index (κ3) is 2.69. The SMILES string of the molecule is CNc1cncc(Oc2cccc(C#N)c2)n1. The molecule has 0 saturated carbocycles. The van der Waals surface area contributed by atoms with E-state index in [0.717, 1.165) is 0 Å². The van der Waals surface area contributed by atoms with Crippen molar-refractivity contribution in [3.63, 3.8) is 0 Å². The third-order valence-electron chi connectivity index (χ3n) is 2.05. The van der Waals surface area contributed by atoms with Crippen LogP contribution in [0.25, 0.3) is 0 Å². The number of nitrogens with zero attached hydrogens (tertiary/aromatic N) is 3. The molecule has 0 amide bonds. The zero-order valence-electron chi connectivity index (χ0n) is 9.21. The van der Waals surface area contributed by atoms with Gasteiger partial charge in [0.25, 0.3) is 0 Å². The fourth-order valence-corrected chi connectivity index (χ4v) is 1.27. The predicted octanol–water partition coefficient (Wildman–Crippen LogP) is 2.18. The molecule has 0 aliphatic rings. The molecule has 1 aromatic carbocycles.